The molecule has 8 heteroatoms. The summed E-state index contributed by atoms with van der Waals surface area (Å²) in [5.41, 5.74) is 0.473. The Kier molecular flexibility index (Phi) is 5.93. The average molecular weight is 408 g/mol. The molecule has 0 aliphatic rings. The molecule has 1 N–H and O–H groups in total. The molecule has 0 fully saturated rings. The van der Waals surface area contributed by atoms with Gasteiger partial charge in [0.15, 0.2) is 11.6 Å². The molecule has 0 aliphatic heterocycles. The second-order valence-corrected chi connectivity index (χ2v) is 6.98. The van der Waals surface area contributed by atoms with Gasteiger partial charge in [-0.1, -0.05) is 35.9 Å². The Morgan fingerprint density at radius 1 is 1.22 bits per heavy atom. The molecule has 0 aliphatic carbocycles. The van der Waals surface area contributed by atoms with Crippen LogP contribution in [0.5, 0.6) is 5.75 Å². The van der Waals surface area contributed by atoms with Crippen LogP contribution in [0.4, 0.5) is 4.39 Å². The van der Waals surface area contributed by atoms with Crippen molar-refractivity contribution < 1.29 is 23.5 Å². The topological polar surface area (TPSA) is 64.6 Å². The highest BCUT2D eigenvalue weighted by molar-refractivity contribution is 7.21. The van der Waals surface area contributed by atoms with E-state index in [1.807, 2.05) is 24.3 Å². The number of nitrogens with one attached hydrogen (secondary N) is 1. The first-order valence-electron chi connectivity index (χ1n) is 7.93. The number of amides is 1. The van der Waals surface area contributed by atoms with Crippen molar-refractivity contribution in [2.45, 2.75) is 6.61 Å². The van der Waals surface area contributed by atoms with Crippen molar-refractivity contribution in [3.63, 3.8) is 0 Å². The number of hydrogen-bond donors (Lipinski definition) is 1. The van der Waals surface area contributed by atoms with Gasteiger partial charge in [0.25, 0.3) is 5.91 Å². The summed E-state index contributed by atoms with van der Waals surface area (Å²) in [7, 11) is 1.36. The summed E-state index contributed by atoms with van der Waals surface area (Å²) < 4.78 is 24.4. The summed E-state index contributed by atoms with van der Waals surface area (Å²) in [6.45, 7) is -0.429. The van der Waals surface area contributed by atoms with Crippen LogP contribution in [0.25, 0.3) is 10.1 Å². The van der Waals surface area contributed by atoms with Crippen molar-refractivity contribution in [1.82, 2.24) is 5.32 Å². The quantitative estimate of drug-likeness (QED) is 0.623. The van der Waals surface area contributed by atoms with Gasteiger partial charge in [0.2, 0.25) is 0 Å². The van der Waals surface area contributed by atoms with Crippen LogP contribution in [0.1, 0.15) is 15.2 Å². The van der Waals surface area contributed by atoms with Crippen molar-refractivity contribution in [1.29, 1.82) is 0 Å². The Morgan fingerprint density at radius 3 is 2.70 bits per heavy atom. The number of ether oxygens (including phenoxy) is 2. The number of carbonyl (C=O) groups is 2. The lowest BCUT2D eigenvalue weighted by Crippen LogP contribution is -2.30. The molecule has 140 valence electrons. The zero-order valence-electron chi connectivity index (χ0n) is 14.3. The van der Waals surface area contributed by atoms with Crippen LogP contribution < -0.4 is 10.1 Å². The van der Waals surface area contributed by atoms with E-state index in [9.17, 15) is 14.0 Å². The van der Waals surface area contributed by atoms with Gasteiger partial charge < -0.3 is 14.8 Å². The Labute approximate surface area is 163 Å². The van der Waals surface area contributed by atoms with Crippen molar-refractivity contribution in [3.8, 4) is 5.75 Å². The van der Waals surface area contributed by atoms with Gasteiger partial charge in [-0.05, 0) is 23.8 Å². The van der Waals surface area contributed by atoms with Gasteiger partial charge in [-0.15, -0.1) is 11.3 Å². The highest BCUT2D eigenvalue weighted by Crippen LogP contribution is 2.34. The van der Waals surface area contributed by atoms with Crippen LogP contribution in [-0.2, 0) is 16.1 Å². The lowest BCUT2D eigenvalue weighted by atomic mass is 10.2. The summed E-state index contributed by atoms with van der Waals surface area (Å²) in [6.07, 6.45) is 0. The minimum absolute atomic E-state index is 0.109. The average Bonchev–Trinajstić information content (AvgIpc) is 3.01. The number of esters is 1. The first-order valence-corrected chi connectivity index (χ1v) is 9.12. The number of methoxy groups -OCH3 is 1. The van der Waals surface area contributed by atoms with E-state index in [1.165, 1.54) is 30.6 Å². The third-order valence-corrected chi connectivity index (χ3v) is 5.42. The Bertz CT molecular complexity index is 1000. The van der Waals surface area contributed by atoms with E-state index in [4.69, 9.17) is 21.1 Å². The molecule has 2 aromatic carbocycles. The molecule has 0 unspecified atom stereocenters. The fourth-order valence-corrected chi connectivity index (χ4v) is 3.84. The van der Waals surface area contributed by atoms with Gasteiger partial charge >= 0.3 is 5.97 Å². The number of fused-ring (bicyclic) bond motifs is 1. The van der Waals surface area contributed by atoms with E-state index in [2.05, 4.69) is 5.32 Å². The van der Waals surface area contributed by atoms with E-state index >= 15 is 0 Å². The largest absolute Gasteiger partial charge is 0.494 e. The minimum Gasteiger partial charge on any atom is -0.494 e. The molecule has 3 aromatic rings. The van der Waals surface area contributed by atoms with Crippen LogP contribution in [-0.4, -0.2) is 25.5 Å². The lowest BCUT2D eigenvalue weighted by molar-refractivity contribution is -0.143. The fourth-order valence-electron chi connectivity index (χ4n) is 2.41. The van der Waals surface area contributed by atoms with E-state index in [0.29, 0.717) is 15.5 Å². The molecule has 5 nitrogen and oxygen atoms in total. The predicted molar refractivity (Wildman–Crippen MR) is 102 cm³/mol. The van der Waals surface area contributed by atoms with Gasteiger partial charge in [-0.3, -0.25) is 9.59 Å². The van der Waals surface area contributed by atoms with Crippen molar-refractivity contribution in [2.24, 2.45) is 0 Å². The smallest absolute Gasteiger partial charge is 0.325 e. The molecule has 0 spiro atoms. The zero-order valence-corrected chi connectivity index (χ0v) is 15.8. The summed E-state index contributed by atoms with van der Waals surface area (Å²) in [4.78, 5) is 24.4. The van der Waals surface area contributed by atoms with Gasteiger partial charge in [-0.25, -0.2) is 4.39 Å². The van der Waals surface area contributed by atoms with Crippen LogP contribution in [0.3, 0.4) is 0 Å². The SMILES string of the molecule is COc1ccc(COC(=O)CNC(=O)c2sc3ccccc3c2Cl)cc1F. The molecule has 0 saturated heterocycles. The normalized spacial score (nSPS) is 10.6. The van der Waals surface area contributed by atoms with E-state index in [1.54, 1.807) is 6.07 Å². The van der Waals surface area contributed by atoms with Crippen molar-refractivity contribution in [2.75, 3.05) is 13.7 Å². The molecular weight excluding hydrogens is 393 g/mol. The first kappa shape index (κ1) is 19.1. The zero-order chi connectivity index (χ0) is 19.4. The van der Waals surface area contributed by atoms with Crippen LogP contribution >= 0.6 is 22.9 Å². The van der Waals surface area contributed by atoms with Gasteiger partial charge in [0, 0.05) is 10.1 Å². The molecule has 0 saturated carbocycles. The second kappa shape index (κ2) is 8.37. The van der Waals surface area contributed by atoms with Crippen molar-refractivity contribution in [3.05, 3.63) is 63.7 Å². The maximum Gasteiger partial charge on any atom is 0.325 e. The molecule has 0 bridgehead atoms. The highest BCUT2D eigenvalue weighted by Gasteiger charge is 2.17. The van der Waals surface area contributed by atoms with E-state index in [0.717, 1.165) is 10.1 Å². The molecule has 0 atom stereocenters. The molecule has 27 heavy (non-hydrogen) atoms. The number of hydrogen-bond acceptors (Lipinski definition) is 5. The van der Waals surface area contributed by atoms with E-state index in [-0.39, 0.29) is 18.9 Å². The first-order chi connectivity index (χ1) is 13.0. The monoisotopic (exact) mass is 407 g/mol. The third-order valence-electron chi connectivity index (χ3n) is 3.75. The number of thiophene rings is 1. The van der Waals surface area contributed by atoms with Gasteiger partial charge in [-0.2, -0.15) is 0 Å². The number of carbonyl (C=O) groups excluding carboxylic acids is 2. The second-order valence-electron chi connectivity index (χ2n) is 5.55. The number of halogens is 2. The molecule has 1 amide bonds. The van der Waals surface area contributed by atoms with E-state index < -0.39 is 17.7 Å². The molecule has 3 rings (SSSR count). The molecule has 1 aromatic heterocycles. The standard InChI is InChI=1S/C19H15ClFNO4S/c1-25-14-7-6-11(8-13(14)21)10-26-16(23)9-22-19(24)18-17(20)12-4-2-3-5-15(12)27-18/h2-8H,9-10H2,1H3,(H,22,24). The van der Waals surface area contributed by atoms with Crippen LogP contribution in [0.2, 0.25) is 5.02 Å². The molecule has 1 heterocycles. The number of benzene rings is 2. The van der Waals surface area contributed by atoms with Crippen LogP contribution in [0.15, 0.2) is 42.5 Å². The Balaban J connectivity index is 1.54. The summed E-state index contributed by atoms with van der Waals surface area (Å²) >= 11 is 7.49. The minimum atomic E-state index is -0.642. The lowest BCUT2D eigenvalue weighted by Gasteiger charge is -2.07. The van der Waals surface area contributed by atoms with Crippen molar-refractivity contribution >= 4 is 44.9 Å². The Morgan fingerprint density at radius 2 is 2.00 bits per heavy atom. The van der Waals surface area contributed by atoms with Gasteiger partial charge in [0.05, 0.1) is 12.1 Å². The predicted octanol–water partition coefficient (Wildman–Crippen LogP) is 4.18. The summed E-state index contributed by atoms with van der Waals surface area (Å²) in [5, 5.41) is 3.63. The molecular formula is C19H15ClFNO4S. The molecule has 0 radical (unpaired) electrons. The van der Waals surface area contributed by atoms with Crippen LogP contribution in [0, 0.1) is 5.82 Å². The summed E-state index contributed by atoms with van der Waals surface area (Å²) in [6, 6.07) is 11.6. The highest BCUT2D eigenvalue weighted by atomic mass is 35.5. The summed E-state index contributed by atoms with van der Waals surface area (Å²) in [5.74, 6) is -1.53. The third kappa shape index (κ3) is 4.37. The fraction of sp³-hybridized carbons (Fsp3) is 0.158. The van der Waals surface area contributed by atoms with Gasteiger partial charge in [0.1, 0.15) is 18.0 Å². The maximum atomic E-state index is 13.6. The number of rotatable bonds is 6. The Hall–Kier alpha value is -2.64. The maximum absolute atomic E-state index is 13.6.